The average molecular weight is 573 g/mol. The SMILES string of the molecule is O=C(c1nccs1)C12Cc3cnn(-c4ccc(F)cc4)c3C=C1CCN(S(=O)c1ccc(C(F)(F)F)cc1)C2. The fraction of sp³-hybridized carbons (Fsp3) is 0.222. The van der Waals surface area contributed by atoms with Crippen LogP contribution in [-0.4, -0.2) is 42.2 Å². The van der Waals surface area contributed by atoms with Crippen LogP contribution in [0.3, 0.4) is 0 Å². The lowest BCUT2D eigenvalue weighted by molar-refractivity contribution is -0.137. The van der Waals surface area contributed by atoms with Gasteiger partial charge in [0.15, 0.2) is 5.01 Å². The van der Waals surface area contributed by atoms with Crippen molar-refractivity contribution in [1.82, 2.24) is 19.1 Å². The van der Waals surface area contributed by atoms with E-state index in [1.54, 1.807) is 38.9 Å². The number of carbonyl (C=O) groups excluding carboxylic acids is 1. The summed E-state index contributed by atoms with van der Waals surface area (Å²) in [5.74, 6) is -0.558. The molecule has 39 heavy (non-hydrogen) atoms. The number of piperidine rings is 1. The molecule has 2 aromatic carbocycles. The molecular weight excluding hydrogens is 552 g/mol. The molecule has 6 rings (SSSR count). The van der Waals surface area contributed by atoms with Crippen molar-refractivity contribution >= 4 is 34.2 Å². The van der Waals surface area contributed by atoms with E-state index in [1.165, 1.54) is 35.6 Å². The van der Waals surface area contributed by atoms with E-state index >= 15 is 0 Å². The largest absolute Gasteiger partial charge is 0.416 e. The van der Waals surface area contributed by atoms with Crippen molar-refractivity contribution in [3.8, 4) is 5.69 Å². The minimum atomic E-state index is -4.49. The van der Waals surface area contributed by atoms with Crippen LogP contribution in [0.25, 0.3) is 11.8 Å². The highest BCUT2D eigenvalue weighted by atomic mass is 32.2. The van der Waals surface area contributed by atoms with E-state index in [4.69, 9.17) is 0 Å². The van der Waals surface area contributed by atoms with Crippen LogP contribution in [0.15, 0.2) is 76.8 Å². The zero-order valence-electron chi connectivity index (χ0n) is 20.2. The minimum absolute atomic E-state index is 0.103. The Hall–Kier alpha value is -3.48. The van der Waals surface area contributed by atoms with Gasteiger partial charge in [-0.2, -0.15) is 18.3 Å². The van der Waals surface area contributed by atoms with Gasteiger partial charge in [0.2, 0.25) is 5.78 Å². The molecule has 2 atom stereocenters. The molecular formula is C27H20F4N4O2S2. The lowest BCUT2D eigenvalue weighted by atomic mass is 9.66. The fourth-order valence-electron chi connectivity index (χ4n) is 5.19. The molecule has 2 aliphatic rings. The molecule has 12 heteroatoms. The summed E-state index contributed by atoms with van der Waals surface area (Å²) < 4.78 is 69.4. The predicted octanol–water partition coefficient (Wildman–Crippen LogP) is 5.72. The van der Waals surface area contributed by atoms with Gasteiger partial charge in [0.1, 0.15) is 16.8 Å². The monoisotopic (exact) mass is 572 g/mol. The zero-order chi connectivity index (χ0) is 27.4. The average Bonchev–Trinajstić information content (AvgIpc) is 3.61. The summed E-state index contributed by atoms with van der Waals surface area (Å²) in [4.78, 5) is 18.5. The first-order valence-electron chi connectivity index (χ1n) is 12.0. The number of benzene rings is 2. The second-order valence-electron chi connectivity index (χ2n) is 9.42. The van der Waals surface area contributed by atoms with Gasteiger partial charge >= 0.3 is 6.18 Å². The molecule has 0 spiro atoms. The van der Waals surface area contributed by atoms with E-state index in [1.807, 2.05) is 6.08 Å². The number of rotatable bonds is 5. The van der Waals surface area contributed by atoms with E-state index in [2.05, 4.69) is 10.1 Å². The van der Waals surface area contributed by atoms with Gasteiger partial charge in [0.25, 0.3) is 0 Å². The first kappa shape index (κ1) is 25.8. The number of ketones is 1. The van der Waals surface area contributed by atoms with E-state index in [0.29, 0.717) is 23.7 Å². The summed E-state index contributed by atoms with van der Waals surface area (Å²) in [7, 11) is -1.78. The summed E-state index contributed by atoms with van der Waals surface area (Å²) in [6.07, 6.45) is 1.37. The number of nitrogens with zero attached hydrogens (tertiary/aromatic N) is 4. The Bertz CT molecular complexity index is 1600. The third-order valence-corrected chi connectivity index (χ3v) is 9.36. The highest BCUT2D eigenvalue weighted by Gasteiger charge is 2.50. The number of hydrogen-bond donors (Lipinski definition) is 0. The van der Waals surface area contributed by atoms with Crippen LogP contribution >= 0.6 is 11.3 Å². The number of Topliss-reactive ketones (excluding diaryl/α,β-unsaturated/α-hetero) is 1. The summed E-state index contributed by atoms with van der Waals surface area (Å²) in [5, 5.41) is 6.55. The number of hydrogen-bond acceptors (Lipinski definition) is 5. The Morgan fingerprint density at radius 1 is 1.08 bits per heavy atom. The van der Waals surface area contributed by atoms with Gasteiger partial charge in [-0.3, -0.25) is 4.79 Å². The second kappa shape index (κ2) is 9.61. The summed E-state index contributed by atoms with van der Waals surface area (Å²) in [6, 6.07) is 10.2. The van der Waals surface area contributed by atoms with Crippen LogP contribution in [0, 0.1) is 11.2 Å². The molecule has 1 aliphatic heterocycles. The van der Waals surface area contributed by atoms with E-state index in [9.17, 15) is 26.6 Å². The normalized spacial score (nSPS) is 20.2. The Morgan fingerprint density at radius 2 is 1.82 bits per heavy atom. The molecule has 0 saturated carbocycles. The van der Waals surface area contributed by atoms with Crippen molar-refractivity contribution in [2.45, 2.75) is 23.9 Å². The number of alkyl halides is 3. The van der Waals surface area contributed by atoms with Crippen LogP contribution in [0.4, 0.5) is 17.6 Å². The van der Waals surface area contributed by atoms with E-state index in [-0.39, 0.29) is 29.5 Å². The molecule has 6 nitrogen and oxygen atoms in total. The molecule has 0 N–H and O–H groups in total. The van der Waals surface area contributed by atoms with Gasteiger partial charge in [0, 0.05) is 24.7 Å². The number of carbonyl (C=O) groups is 1. The summed E-state index contributed by atoms with van der Waals surface area (Å²) in [6.45, 7) is 0.443. The third-order valence-electron chi connectivity index (χ3n) is 7.13. The summed E-state index contributed by atoms with van der Waals surface area (Å²) in [5.41, 5.74) is 1.22. The lowest BCUT2D eigenvalue weighted by Crippen LogP contribution is -2.52. The molecule has 2 unspecified atom stereocenters. The maximum atomic E-state index is 14.0. The molecule has 0 radical (unpaired) electrons. The molecule has 2 aromatic heterocycles. The van der Waals surface area contributed by atoms with Crippen molar-refractivity contribution in [3.05, 3.63) is 99.5 Å². The maximum absolute atomic E-state index is 14.0. The smallest absolute Gasteiger partial charge is 0.290 e. The Labute approximate surface area is 227 Å². The standard InChI is InChI=1S/C27H20F4N4O2S2/c28-20-3-5-21(6-4-20)35-23-13-19-9-11-34(39(37)22-7-1-18(2-8-22)27(29,30)31)16-26(19,14-17(23)15-33-35)24(36)25-32-10-12-38-25/h1-8,10,12-13,15H,9,11,14,16H2. The van der Waals surface area contributed by atoms with Crippen LogP contribution in [-0.2, 0) is 23.6 Å². The zero-order valence-corrected chi connectivity index (χ0v) is 21.8. The van der Waals surface area contributed by atoms with E-state index in [0.717, 1.165) is 29.0 Å². The van der Waals surface area contributed by atoms with Crippen LogP contribution in [0.5, 0.6) is 0 Å². The lowest BCUT2D eigenvalue weighted by Gasteiger charge is -2.44. The highest BCUT2D eigenvalue weighted by Crippen LogP contribution is 2.47. The van der Waals surface area contributed by atoms with Crippen molar-refractivity contribution < 1.29 is 26.6 Å². The van der Waals surface area contributed by atoms with Gasteiger partial charge in [-0.15, -0.1) is 11.3 Å². The third kappa shape index (κ3) is 4.56. The fourth-order valence-corrected chi connectivity index (χ4v) is 7.13. The van der Waals surface area contributed by atoms with Crippen molar-refractivity contribution in [3.63, 3.8) is 0 Å². The van der Waals surface area contributed by atoms with Gasteiger partial charge in [-0.05, 0) is 73.0 Å². The Balaban J connectivity index is 1.37. The molecule has 0 amide bonds. The Morgan fingerprint density at radius 3 is 2.49 bits per heavy atom. The number of thiazole rings is 1. The van der Waals surface area contributed by atoms with Crippen LogP contribution in [0.1, 0.15) is 33.0 Å². The maximum Gasteiger partial charge on any atom is 0.416 e. The van der Waals surface area contributed by atoms with Gasteiger partial charge in [-0.25, -0.2) is 22.6 Å². The number of halogens is 4. The minimum Gasteiger partial charge on any atom is -0.290 e. The Kier molecular flexibility index (Phi) is 6.35. The molecule has 1 fully saturated rings. The number of aromatic nitrogens is 3. The molecule has 3 heterocycles. The van der Waals surface area contributed by atoms with Crippen molar-refractivity contribution in [2.75, 3.05) is 13.1 Å². The second-order valence-corrected chi connectivity index (χ2v) is 11.8. The van der Waals surface area contributed by atoms with Crippen LogP contribution in [0.2, 0.25) is 0 Å². The van der Waals surface area contributed by atoms with Crippen molar-refractivity contribution in [2.24, 2.45) is 5.41 Å². The quantitative estimate of drug-likeness (QED) is 0.227. The first-order valence-corrected chi connectivity index (χ1v) is 14.0. The first-order chi connectivity index (χ1) is 18.7. The highest BCUT2D eigenvalue weighted by molar-refractivity contribution is 7.82. The van der Waals surface area contributed by atoms with Gasteiger partial charge < -0.3 is 0 Å². The molecule has 1 saturated heterocycles. The predicted molar refractivity (Wildman–Crippen MR) is 138 cm³/mol. The topological polar surface area (TPSA) is 68.1 Å². The van der Waals surface area contributed by atoms with Crippen LogP contribution < -0.4 is 0 Å². The van der Waals surface area contributed by atoms with E-state index < -0.39 is 28.1 Å². The van der Waals surface area contributed by atoms with Gasteiger partial charge in [-0.1, -0.05) is 5.57 Å². The van der Waals surface area contributed by atoms with Gasteiger partial charge in [0.05, 0.1) is 33.5 Å². The molecule has 1 aliphatic carbocycles. The molecule has 200 valence electrons. The molecule has 4 aromatic rings. The number of fused-ring (bicyclic) bond motifs is 2. The molecule has 0 bridgehead atoms. The summed E-state index contributed by atoms with van der Waals surface area (Å²) >= 11 is 1.22. The van der Waals surface area contributed by atoms with Crippen molar-refractivity contribution in [1.29, 1.82) is 0 Å².